The third-order valence-electron chi connectivity index (χ3n) is 4.47. The first-order chi connectivity index (χ1) is 14.4. The molecule has 0 aliphatic carbocycles. The summed E-state index contributed by atoms with van der Waals surface area (Å²) in [6.07, 6.45) is -6.37. The molecule has 0 heterocycles. The molecule has 4 nitrogen and oxygen atoms in total. The molecule has 31 heavy (non-hydrogen) atoms. The van der Waals surface area contributed by atoms with E-state index in [4.69, 9.17) is 33.0 Å². The van der Waals surface area contributed by atoms with Crippen molar-refractivity contribution in [1.29, 1.82) is 0 Å². The number of carbonyl (C=O) groups is 1. The second kappa shape index (κ2) is 10.4. The molecule has 0 radical (unpaired) electrons. The second-order valence-electron chi connectivity index (χ2n) is 7.06. The highest BCUT2D eigenvalue weighted by Crippen LogP contribution is 2.36. The standard InChI is InChI=1S/C21H21Cl2F4NO3/c1-3-11(2)28-15-5-13(4-14(9-15)21(25,26)27)10-31-19-16(22)6-12(7-17(19)23)8-18(24)20(29)30/h4-7,9,11,18,28H,3,8,10H2,1-2H3,(H,29,30). The van der Waals surface area contributed by atoms with Crippen LogP contribution in [0.1, 0.15) is 37.0 Å². The lowest BCUT2D eigenvalue weighted by Gasteiger charge is -2.18. The molecule has 170 valence electrons. The Bertz CT molecular complexity index is 914. The van der Waals surface area contributed by atoms with Crippen LogP contribution in [-0.4, -0.2) is 23.3 Å². The Hall–Kier alpha value is -2.19. The van der Waals surface area contributed by atoms with E-state index in [2.05, 4.69) is 5.32 Å². The third kappa shape index (κ3) is 7.18. The number of rotatable bonds is 9. The fraction of sp³-hybridized carbons (Fsp3) is 0.381. The van der Waals surface area contributed by atoms with Crippen LogP contribution in [0.25, 0.3) is 0 Å². The van der Waals surface area contributed by atoms with Crippen LogP contribution in [0.15, 0.2) is 30.3 Å². The minimum atomic E-state index is -4.54. The average molecular weight is 482 g/mol. The van der Waals surface area contributed by atoms with Crippen LogP contribution in [-0.2, 0) is 24.0 Å². The molecule has 2 N–H and O–H groups in total. The van der Waals surface area contributed by atoms with Crippen LogP contribution < -0.4 is 10.1 Å². The van der Waals surface area contributed by atoms with Gasteiger partial charge in [-0.1, -0.05) is 30.1 Å². The van der Waals surface area contributed by atoms with Crippen molar-refractivity contribution < 1.29 is 32.2 Å². The Balaban J connectivity index is 2.25. The molecule has 0 fully saturated rings. The van der Waals surface area contributed by atoms with Gasteiger partial charge >= 0.3 is 12.1 Å². The predicted octanol–water partition coefficient (Wildman–Crippen LogP) is 6.77. The van der Waals surface area contributed by atoms with Gasteiger partial charge in [0, 0.05) is 18.2 Å². The van der Waals surface area contributed by atoms with Crippen molar-refractivity contribution in [3.63, 3.8) is 0 Å². The lowest BCUT2D eigenvalue weighted by molar-refractivity contribution is -0.142. The number of benzene rings is 2. The van der Waals surface area contributed by atoms with E-state index < -0.39 is 30.3 Å². The molecule has 0 saturated carbocycles. The first-order valence-corrected chi connectivity index (χ1v) is 10.1. The van der Waals surface area contributed by atoms with E-state index in [-0.39, 0.29) is 39.6 Å². The molecule has 2 rings (SSSR count). The first-order valence-electron chi connectivity index (χ1n) is 9.36. The molecule has 0 saturated heterocycles. The molecule has 2 aromatic carbocycles. The van der Waals surface area contributed by atoms with Crippen molar-refractivity contribution in [3.05, 3.63) is 57.1 Å². The number of anilines is 1. The molecule has 0 aliphatic rings. The number of alkyl halides is 4. The zero-order chi connectivity index (χ0) is 23.3. The number of nitrogens with one attached hydrogen (secondary N) is 1. The van der Waals surface area contributed by atoms with Crippen LogP contribution >= 0.6 is 23.2 Å². The minimum Gasteiger partial charge on any atom is -0.486 e. The van der Waals surface area contributed by atoms with Gasteiger partial charge in [-0.05, 0) is 54.8 Å². The first kappa shape index (κ1) is 25.1. The van der Waals surface area contributed by atoms with E-state index in [1.54, 1.807) is 0 Å². The molecular formula is C21H21Cl2F4NO3. The van der Waals surface area contributed by atoms with Gasteiger partial charge in [0.1, 0.15) is 6.61 Å². The quantitative estimate of drug-likeness (QED) is 0.388. The molecule has 0 amide bonds. The Morgan fingerprint density at radius 3 is 2.26 bits per heavy atom. The molecule has 2 aromatic rings. The lowest BCUT2D eigenvalue weighted by Crippen LogP contribution is -2.17. The number of hydrogen-bond donors (Lipinski definition) is 2. The fourth-order valence-electron chi connectivity index (χ4n) is 2.73. The number of hydrogen-bond acceptors (Lipinski definition) is 3. The van der Waals surface area contributed by atoms with Crippen molar-refractivity contribution in [2.24, 2.45) is 0 Å². The average Bonchev–Trinajstić information content (AvgIpc) is 2.66. The zero-order valence-electron chi connectivity index (χ0n) is 16.7. The highest BCUT2D eigenvalue weighted by atomic mass is 35.5. The number of halogens is 6. The van der Waals surface area contributed by atoms with Crippen LogP contribution in [0.4, 0.5) is 23.2 Å². The molecule has 0 spiro atoms. The maximum atomic E-state index is 13.4. The van der Waals surface area contributed by atoms with E-state index in [0.29, 0.717) is 5.69 Å². The van der Waals surface area contributed by atoms with Crippen molar-refractivity contribution >= 4 is 34.9 Å². The lowest BCUT2D eigenvalue weighted by atomic mass is 10.1. The van der Waals surface area contributed by atoms with Gasteiger partial charge in [0.15, 0.2) is 5.75 Å². The van der Waals surface area contributed by atoms with Crippen LogP contribution in [0.3, 0.4) is 0 Å². The van der Waals surface area contributed by atoms with E-state index in [1.165, 1.54) is 18.2 Å². The van der Waals surface area contributed by atoms with Crippen LogP contribution in [0.2, 0.25) is 10.0 Å². The summed E-state index contributed by atoms with van der Waals surface area (Å²) in [6.45, 7) is 3.51. The maximum absolute atomic E-state index is 13.4. The van der Waals surface area contributed by atoms with E-state index in [1.807, 2.05) is 13.8 Å². The Morgan fingerprint density at radius 2 is 1.74 bits per heavy atom. The monoisotopic (exact) mass is 481 g/mol. The van der Waals surface area contributed by atoms with Gasteiger partial charge in [-0.2, -0.15) is 13.2 Å². The summed E-state index contributed by atoms with van der Waals surface area (Å²) in [5.41, 5.74) is -0.0320. The highest BCUT2D eigenvalue weighted by molar-refractivity contribution is 6.37. The van der Waals surface area contributed by atoms with E-state index in [0.717, 1.165) is 18.6 Å². The van der Waals surface area contributed by atoms with Gasteiger partial charge < -0.3 is 15.2 Å². The maximum Gasteiger partial charge on any atom is 0.416 e. The molecule has 0 aliphatic heterocycles. The van der Waals surface area contributed by atoms with Gasteiger partial charge in [-0.3, -0.25) is 0 Å². The van der Waals surface area contributed by atoms with Crippen molar-refractivity contribution in [2.45, 2.75) is 51.7 Å². The van der Waals surface area contributed by atoms with Crippen LogP contribution in [0, 0.1) is 0 Å². The number of aliphatic carboxylic acids is 1. The van der Waals surface area contributed by atoms with Crippen molar-refractivity contribution in [3.8, 4) is 5.75 Å². The molecule has 10 heteroatoms. The van der Waals surface area contributed by atoms with E-state index in [9.17, 15) is 22.4 Å². The molecule has 0 bridgehead atoms. The van der Waals surface area contributed by atoms with E-state index >= 15 is 0 Å². The Labute approximate surface area is 187 Å². The fourth-order valence-corrected chi connectivity index (χ4v) is 3.37. The van der Waals surface area contributed by atoms with Crippen molar-refractivity contribution in [1.82, 2.24) is 0 Å². The van der Waals surface area contributed by atoms with Gasteiger partial charge in [0.05, 0.1) is 15.6 Å². The largest absolute Gasteiger partial charge is 0.486 e. The number of carboxylic acids is 1. The molecule has 0 aromatic heterocycles. The smallest absolute Gasteiger partial charge is 0.416 e. The third-order valence-corrected chi connectivity index (χ3v) is 5.03. The Kier molecular flexibility index (Phi) is 8.42. The topological polar surface area (TPSA) is 58.6 Å². The van der Waals surface area contributed by atoms with Crippen molar-refractivity contribution in [2.75, 3.05) is 5.32 Å². The zero-order valence-corrected chi connectivity index (χ0v) is 18.2. The molecular weight excluding hydrogens is 461 g/mol. The summed E-state index contributed by atoms with van der Waals surface area (Å²) in [6, 6.07) is 6.12. The summed E-state index contributed by atoms with van der Waals surface area (Å²) in [4.78, 5) is 10.7. The summed E-state index contributed by atoms with van der Waals surface area (Å²) in [7, 11) is 0. The summed E-state index contributed by atoms with van der Waals surface area (Å²) >= 11 is 12.2. The normalized spacial score (nSPS) is 13.5. The van der Waals surface area contributed by atoms with Gasteiger partial charge in [0.25, 0.3) is 0 Å². The van der Waals surface area contributed by atoms with Gasteiger partial charge in [0.2, 0.25) is 6.17 Å². The molecule has 2 atom stereocenters. The number of carboxylic acid groups (broad SMARTS) is 1. The SMILES string of the molecule is CCC(C)Nc1cc(COc2c(Cl)cc(CC(F)C(=O)O)cc2Cl)cc(C(F)(F)F)c1. The summed E-state index contributed by atoms with van der Waals surface area (Å²) in [5, 5.41) is 11.7. The summed E-state index contributed by atoms with van der Waals surface area (Å²) in [5.74, 6) is -1.61. The van der Waals surface area contributed by atoms with Crippen LogP contribution in [0.5, 0.6) is 5.75 Å². The highest BCUT2D eigenvalue weighted by Gasteiger charge is 2.31. The second-order valence-corrected chi connectivity index (χ2v) is 7.87. The van der Waals surface area contributed by atoms with Gasteiger partial charge in [-0.15, -0.1) is 0 Å². The Morgan fingerprint density at radius 1 is 1.13 bits per heavy atom. The number of ether oxygens (including phenoxy) is 1. The summed E-state index contributed by atoms with van der Waals surface area (Å²) < 4.78 is 58.8. The molecule has 2 unspecified atom stereocenters. The predicted molar refractivity (Wildman–Crippen MR) is 112 cm³/mol. The van der Waals surface area contributed by atoms with Gasteiger partial charge in [-0.25, -0.2) is 9.18 Å². The minimum absolute atomic E-state index is 0.00617.